The Morgan fingerprint density at radius 3 is 2.25 bits per heavy atom. The maximum atomic E-state index is 12.6. The third-order valence-electron chi connectivity index (χ3n) is 4.32. The first kappa shape index (κ1) is 18.8. The van der Waals surface area contributed by atoms with Crippen molar-refractivity contribution in [3.05, 3.63) is 81.4 Å². The summed E-state index contributed by atoms with van der Waals surface area (Å²) in [5.74, 6) is -4.19. The van der Waals surface area contributed by atoms with Crippen molar-refractivity contribution >= 4 is 29.1 Å². The third-order valence-corrected chi connectivity index (χ3v) is 4.32. The Balaban J connectivity index is 2.28. The molecule has 0 aromatic heterocycles. The van der Waals surface area contributed by atoms with E-state index in [0.29, 0.717) is 4.90 Å². The third kappa shape index (κ3) is 3.20. The second-order valence-corrected chi connectivity index (χ2v) is 6.00. The lowest BCUT2D eigenvalue weighted by molar-refractivity contribution is -0.385. The second kappa shape index (κ2) is 7.31. The Hall–Kier alpha value is -4.01. The summed E-state index contributed by atoms with van der Waals surface area (Å²) in [5, 5.41) is 31.3. The van der Waals surface area contributed by atoms with Crippen molar-refractivity contribution < 1.29 is 29.5 Å². The van der Waals surface area contributed by atoms with E-state index in [4.69, 9.17) is 5.11 Å². The van der Waals surface area contributed by atoms with E-state index < -0.39 is 52.2 Å². The number of amides is 1. The fourth-order valence-electron chi connectivity index (χ4n) is 3.15. The van der Waals surface area contributed by atoms with Gasteiger partial charge in [0.15, 0.2) is 0 Å². The zero-order valence-corrected chi connectivity index (χ0v) is 14.3. The highest BCUT2D eigenvalue weighted by Gasteiger charge is 2.48. The minimum Gasteiger partial charge on any atom is -0.507 e. The second-order valence-electron chi connectivity index (χ2n) is 6.00. The van der Waals surface area contributed by atoms with Gasteiger partial charge >= 0.3 is 5.97 Å². The van der Waals surface area contributed by atoms with Gasteiger partial charge in [-0.1, -0.05) is 42.5 Å². The molecule has 1 aliphatic heterocycles. The monoisotopic (exact) mass is 382 g/mol. The Kier molecular flexibility index (Phi) is 4.90. The van der Waals surface area contributed by atoms with Crippen LogP contribution in [-0.4, -0.2) is 44.2 Å². The summed E-state index contributed by atoms with van der Waals surface area (Å²) in [5.41, 5.74) is -0.639. The molecule has 0 radical (unpaired) electrons. The molecule has 3 rings (SSSR count). The normalized spacial score (nSPS) is 18.3. The van der Waals surface area contributed by atoms with Gasteiger partial charge in [0.2, 0.25) is 0 Å². The quantitative estimate of drug-likeness (QED) is 0.265. The van der Waals surface area contributed by atoms with E-state index in [-0.39, 0.29) is 11.1 Å². The number of ketones is 1. The molecule has 9 heteroatoms. The van der Waals surface area contributed by atoms with Gasteiger partial charge in [-0.3, -0.25) is 24.5 Å². The number of likely N-dealkylation sites (tertiary alicyclic amines) is 1. The number of para-hydroxylation sites is 1. The maximum Gasteiger partial charge on any atom is 0.323 e. The molecule has 2 N–H and O–H groups in total. The first-order valence-corrected chi connectivity index (χ1v) is 8.12. The summed E-state index contributed by atoms with van der Waals surface area (Å²) in [6.07, 6.45) is 0. The van der Waals surface area contributed by atoms with Gasteiger partial charge in [-0.25, -0.2) is 0 Å². The van der Waals surface area contributed by atoms with E-state index in [1.807, 2.05) is 0 Å². The van der Waals surface area contributed by atoms with Crippen molar-refractivity contribution in [1.29, 1.82) is 0 Å². The van der Waals surface area contributed by atoms with Crippen LogP contribution in [0.15, 0.2) is 60.2 Å². The molecule has 1 saturated heterocycles. The Morgan fingerprint density at radius 1 is 1.04 bits per heavy atom. The van der Waals surface area contributed by atoms with Crippen molar-refractivity contribution in [3.8, 4) is 0 Å². The summed E-state index contributed by atoms with van der Waals surface area (Å²) in [4.78, 5) is 47.7. The molecule has 142 valence electrons. The van der Waals surface area contributed by atoms with E-state index in [1.54, 1.807) is 18.2 Å². The van der Waals surface area contributed by atoms with Crippen LogP contribution in [0.5, 0.6) is 0 Å². The van der Waals surface area contributed by atoms with Crippen molar-refractivity contribution in [1.82, 2.24) is 4.90 Å². The summed E-state index contributed by atoms with van der Waals surface area (Å²) in [6.45, 7) is -0.854. The zero-order chi connectivity index (χ0) is 20.4. The van der Waals surface area contributed by atoms with Gasteiger partial charge < -0.3 is 15.1 Å². The Bertz CT molecular complexity index is 1010. The van der Waals surface area contributed by atoms with Crippen LogP contribution in [0.2, 0.25) is 0 Å². The van der Waals surface area contributed by atoms with E-state index in [0.717, 1.165) is 0 Å². The molecule has 1 atom stereocenters. The predicted molar refractivity (Wildman–Crippen MR) is 96.2 cm³/mol. The largest absolute Gasteiger partial charge is 0.507 e. The number of aliphatic hydroxyl groups excluding tert-OH is 1. The summed E-state index contributed by atoms with van der Waals surface area (Å²) < 4.78 is 0. The summed E-state index contributed by atoms with van der Waals surface area (Å²) >= 11 is 0. The van der Waals surface area contributed by atoms with Crippen LogP contribution in [0.4, 0.5) is 5.69 Å². The number of carbonyl (C=O) groups is 3. The number of aliphatic hydroxyl groups is 1. The van der Waals surface area contributed by atoms with E-state index >= 15 is 0 Å². The lowest BCUT2D eigenvalue weighted by atomic mass is 9.94. The number of aliphatic carboxylic acids is 1. The van der Waals surface area contributed by atoms with Gasteiger partial charge in [0.25, 0.3) is 17.4 Å². The molecule has 0 spiro atoms. The zero-order valence-electron chi connectivity index (χ0n) is 14.3. The first-order chi connectivity index (χ1) is 13.3. The fourth-order valence-corrected chi connectivity index (χ4v) is 3.15. The summed E-state index contributed by atoms with van der Waals surface area (Å²) in [7, 11) is 0. The average Bonchev–Trinajstić information content (AvgIpc) is 2.92. The molecule has 28 heavy (non-hydrogen) atoms. The van der Waals surface area contributed by atoms with Gasteiger partial charge in [-0.15, -0.1) is 0 Å². The average molecular weight is 382 g/mol. The molecule has 1 fully saturated rings. The van der Waals surface area contributed by atoms with Crippen LogP contribution >= 0.6 is 0 Å². The highest BCUT2D eigenvalue weighted by atomic mass is 16.6. The molecule has 1 heterocycles. The van der Waals surface area contributed by atoms with Crippen LogP contribution in [0.3, 0.4) is 0 Å². The van der Waals surface area contributed by atoms with Crippen LogP contribution in [-0.2, 0) is 14.4 Å². The highest BCUT2D eigenvalue weighted by Crippen LogP contribution is 2.42. The number of benzene rings is 2. The molecule has 1 unspecified atom stereocenters. The Morgan fingerprint density at radius 2 is 1.64 bits per heavy atom. The number of rotatable bonds is 5. The number of carbonyl (C=O) groups excluding carboxylic acids is 2. The molecular formula is C19H14N2O7. The number of nitrogens with zero attached hydrogens (tertiary/aromatic N) is 2. The minimum atomic E-state index is -1.40. The lowest BCUT2D eigenvalue weighted by Crippen LogP contribution is -2.34. The molecular weight excluding hydrogens is 368 g/mol. The van der Waals surface area contributed by atoms with Gasteiger partial charge in [-0.2, -0.15) is 0 Å². The topological polar surface area (TPSA) is 138 Å². The van der Waals surface area contributed by atoms with Crippen molar-refractivity contribution in [3.63, 3.8) is 0 Å². The standard InChI is InChI=1S/C19H14N2O7/c22-14(23)10-20-16(12-8-4-5-9-13(12)21(27)28)15(18(25)19(20)26)17(24)11-6-2-1-3-7-11/h1-9,16,24H,10H2,(H,22,23). The number of nitro groups is 1. The molecule has 2 aromatic rings. The minimum absolute atomic E-state index is 0.0644. The molecule has 0 saturated carbocycles. The molecule has 0 bridgehead atoms. The van der Waals surface area contributed by atoms with Crippen LogP contribution in [0.25, 0.3) is 5.76 Å². The first-order valence-electron chi connectivity index (χ1n) is 8.12. The van der Waals surface area contributed by atoms with Gasteiger partial charge in [-0.05, 0) is 6.07 Å². The van der Waals surface area contributed by atoms with Crippen LogP contribution in [0, 0.1) is 10.1 Å². The number of carboxylic acid groups (broad SMARTS) is 1. The maximum absolute atomic E-state index is 12.6. The molecule has 0 aliphatic carbocycles. The molecule has 1 aliphatic rings. The highest BCUT2D eigenvalue weighted by molar-refractivity contribution is 6.47. The predicted octanol–water partition coefficient (Wildman–Crippen LogP) is 2.10. The Labute approximate surface area is 158 Å². The van der Waals surface area contributed by atoms with E-state index in [1.165, 1.54) is 36.4 Å². The number of carboxylic acids is 1. The number of Topliss-reactive ketones (excluding diaryl/α,β-unsaturated/α-hetero) is 1. The van der Waals surface area contributed by atoms with Gasteiger partial charge in [0.05, 0.1) is 22.1 Å². The van der Waals surface area contributed by atoms with E-state index in [9.17, 15) is 29.6 Å². The number of nitro benzene ring substituents is 1. The molecule has 9 nitrogen and oxygen atoms in total. The van der Waals surface area contributed by atoms with E-state index in [2.05, 4.69) is 0 Å². The fraction of sp³-hybridized carbons (Fsp3) is 0.105. The van der Waals surface area contributed by atoms with Gasteiger partial charge in [0.1, 0.15) is 12.3 Å². The van der Waals surface area contributed by atoms with Gasteiger partial charge in [0, 0.05) is 11.6 Å². The lowest BCUT2D eigenvalue weighted by Gasteiger charge is -2.23. The van der Waals surface area contributed by atoms with Crippen molar-refractivity contribution in [2.75, 3.05) is 6.54 Å². The van der Waals surface area contributed by atoms with Crippen molar-refractivity contribution in [2.24, 2.45) is 0 Å². The van der Waals surface area contributed by atoms with Crippen LogP contribution < -0.4 is 0 Å². The van der Waals surface area contributed by atoms with Crippen molar-refractivity contribution in [2.45, 2.75) is 6.04 Å². The van der Waals surface area contributed by atoms with Crippen LogP contribution in [0.1, 0.15) is 17.2 Å². The molecule has 1 amide bonds. The number of hydrogen-bond acceptors (Lipinski definition) is 6. The molecule has 2 aromatic carbocycles. The number of hydrogen-bond donors (Lipinski definition) is 2. The SMILES string of the molecule is O=C(O)CN1C(=O)C(=O)C(=C(O)c2ccccc2)C1c1ccccc1[N+](=O)[O-]. The summed E-state index contributed by atoms with van der Waals surface area (Å²) in [6, 6.07) is 11.8. The smallest absolute Gasteiger partial charge is 0.323 e.